The van der Waals surface area contributed by atoms with Crippen molar-refractivity contribution >= 4 is 11.6 Å². The van der Waals surface area contributed by atoms with E-state index in [0.29, 0.717) is 17.7 Å². The van der Waals surface area contributed by atoms with Gasteiger partial charge in [-0.05, 0) is 18.6 Å². The third-order valence-corrected chi connectivity index (χ3v) is 3.25. The third-order valence-electron chi connectivity index (χ3n) is 3.25. The number of amides is 1. The molecule has 0 radical (unpaired) electrons. The Morgan fingerprint density at radius 1 is 1.30 bits per heavy atom. The van der Waals surface area contributed by atoms with Crippen molar-refractivity contribution in [3.05, 3.63) is 59.7 Å². The van der Waals surface area contributed by atoms with E-state index in [4.69, 9.17) is 4.74 Å². The second-order valence-electron chi connectivity index (χ2n) is 5.01. The number of aromatic nitrogens is 1. The van der Waals surface area contributed by atoms with Gasteiger partial charge in [-0.1, -0.05) is 18.2 Å². The summed E-state index contributed by atoms with van der Waals surface area (Å²) < 4.78 is 18.5. The molecule has 0 fully saturated rings. The van der Waals surface area contributed by atoms with E-state index in [-0.39, 0.29) is 18.3 Å². The number of nitrogens with zero attached hydrogens (tertiary/aromatic N) is 1. The lowest BCUT2D eigenvalue weighted by Gasteiger charge is -2.09. The lowest BCUT2D eigenvalue weighted by molar-refractivity contribution is 0.0950. The molecular formula is C17H20FN3O2. The van der Waals surface area contributed by atoms with Gasteiger partial charge in [0.1, 0.15) is 5.82 Å². The summed E-state index contributed by atoms with van der Waals surface area (Å²) in [7, 11) is 1.65. The molecule has 6 heteroatoms. The van der Waals surface area contributed by atoms with Gasteiger partial charge >= 0.3 is 0 Å². The van der Waals surface area contributed by atoms with Crippen LogP contribution in [0.3, 0.4) is 0 Å². The van der Waals surface area contributed by atoms with Crippen LogP contribution in [0.25, 0.3) is 0 Å². The normalized spacial score (nSPS) is 10.3. The Balaban J connectivity index is 1.90. The topological polar surface area (TPSA) is 63.2 Å². The van der Waals surface area contributed by atoms with Crippen LogP contribution in [0.1, 0.15) is 22.3 Å². The highest BCUT2D eigenvalue weighted by Gasteiger charge is 2.08. The molecular weight excluding hydrogens is 297 g/mol. The second-order valence-corrected chi connectivity index (χ2v) is 5.01. The first-order valence-corrected chi connectivity index (χ1v) is 7.40. The Bertz CT molecular complexity index is 649. The van der Waals surface area contributed by atoms with Gasteiger partial charge in [-0.3, -0.25) is 9.78 Å². The summed E-state index contributed by atoms with van der Waals surface area (Å²) in [5.41, 5.74) is 1.64. The number of halogens is 1. The van der Waals surface area contributed by atoms with Crippen LogP contribution in [0.5, 0.6) is 0 Å². The van der Waals surface area contributed by atoms with Gasteiger partial charge < -0.3 is 15.4 Å². The molecule has 1 heterocycles. The SMILES string of the molecule is COCCCNc1cncc(C(=O)NCc2ccccc2F)c1. The number of carbonyl (C=O) groups excluding carboxylic acids is 1. The first-order chi connectivity index (χ1) is 11.2. The Kier molecular flexibility index (Phi) is 6.50. The molecule has 0 saturated carbocycles. The maximum absolute atomic E-state index is 13.5. The smallest absolute Gasteiger partial charge is 0.253 e. The fourth-order valence-corrected chi connectivity index (χ4v) is 2.03. The summed E-state index contributed by atoms with van der Waals surface area (Å²) in [4.78, 5) is 16.2. The zero-order chi connectivity index (χ0) is 16.5. The molecule has 23 heavy (non-hydrogen) atoms. The number of benzene rings is 1. The van der Waals surface area contributed by atoms with Crippen LogP contribution < -0.4 is 10.6 Å². The lowest BCUT2D eigenvalue weighted by Crippen LogP contribution is -2.23. The molecule has 0 bridgehead atoms. The highest BCUT2D eigenvalue weighted by atomic mass is 19.1. The monoisotopic (exact) mass is 317 g/mol. The number of anilines is 1. The number of methoxy groups -OCH3 is 1. The molecule has 2 rings (SSSR count). The summed E-state index contributed by atoms with van der Waals surface area (Å²) in [6, 6.07) is 8.08. The molecule has 0 unspecified atom stereocenters. The fraction of sp³-hybridized carbons (Fsp3) is 0.294. The van der Waals surface area contributed by atoms with Crippen molar-refractivity contribution in [1.29, 1.82) is 0 Å². The molecule has 2 aromatic rings. The van der Waals surface area contributed by atoms with Crippen LogP contribution in [-0.2, 0) is 11.3 Å². The molecule has 0 aliphatic carbocycles. The summed E-state index contributed by atoms with van der Waals surface area (Å²) >= 11 is 0. The van der Waals surface area contributed by atoms with Crippen molar-refractivity contribution in [1.82, 2.24) is 10.3 Å². The largest absolute Gasteiger partial charge is 0.385 e. The van der Waals surface area contributed by atoms with Crippen LogP contribution >= 0.6 is 0 Å². The average molecular weight is 317 g/mol. The van der Waals surface area contributed by atoms with Gasteiger partial charge in [-0.25, -0.2) is 4.39 Å². The van der Waals surface area contributed by atoms with Crippen molar-refractivity contribution in [3.63, 3.8) is 0 Å². The maximum atomic E-state index is 13.5. The van der Waals surface area contributed by atoms with Crippen molar-refractivity contribution in [2.24, 2.45) is 0 Å². The molecule has 1 amide bonds. The molecule has 0 atom stereocenters. The van der Waals surface area contributed by atoms with E-state index in [2.05, 4.69) is 15.6 Å². The Morgan fingerprint density at radius 3 is 2.91 bits per heavy atom. The molecule has 0 aliphatic heterocycles. The van der Waals surface area contributed by atoms with Crippen LogP contribution in [-0.4, -0.2) is 31.2 Å². The number of hydrogen-bond acceptors (Lipinski definition) is 4. The molecule has 122 valence electrons. The van der Waals surface area contributed by atoms with Gasteiger partial charge in [0, 0.05) is 44.8 Å². The summed E-state index contributed by atoms with van der Waals surface area (Å²) in [6.07, 6.45) is 4.00. The van der Waals surface area contributed by atoms with E-state index in [1.807, 2.05) is 0 Å². The first kappa shape index (κ1) is 16.9. The van der Waals surface area contributed by atoms with Crippen molar-refractivity contribution in [2.45, 2.75) is 13.0 Å². The zero-order valence-electron chi connectivity index (χ0n) is 13.0. The molecule has 2 N–H and O–H groups in total. The van der Waals surface area contributed by atoms with Crippen molar-refractivity contribution < 1.29 is 13.9 Å². The van der Waals surface area contributed by atoms with E-state index in [9.17, 15) is 9.18 Å². The number of rotatable bonds is 8. The van der Waals surface area contributed by atoms with Gasteiger partial charge in [0.25, 0.3) is 5.91 Å². The third kappa shape index (κ3) is 5.34. The predicted octanol–water partition coefficient (Wildman–Crippen LogP) is 2.60. The molecule has 5 nitrogen and oxygen atoms in total. The Labute approximate surface area is 134 Å². The molecule has 0 saturated heterocycles. The zero-order valence-corrected chi connectivity index (χ0v) is 13.0. The number of nitrogens with one attached hydrogen (secondary N) is 2. The first-order valence-electron chi connectivity index (χ1n) is 7.40. The minimum atomic E-state index is -0.334. The van der Waals surface area contributed by atoms with Crippen LogP contribution in [0.15, 0.2) is 42.7 Å². The fourth-order valence-electron chi connectivity index (χ4n) is 2.03. The van der Waals surface area contributed by atoms with Gasteiger partial charge in [0.2, 0.25) is 0 Å². The molecule has 1 aromatic carbocycles. The lowest BCUT2D eigenvalue weighted by atomic mass is 10.2. The molecule has 0 spiro atoms. The minimum Gasteiger partial charge on any atom is -0.385 e. The van der Waals surface area contributed by atoms with Crippen LogP contribution in [0.2, 0.25) is 0 Å². The summed E-state index contributed by atoms with van der Waals surface area (Å²) in [5.74, 6) is -0.624. The number of carbonyl (C=O) groups is 1. The van der Waals surface area contributed by atoms with Crippen molar-refractivity contribution in [2.75, 3.05) is 25.6 Å². The van der Waals surface area contributed by atoms with E-state index in [0.717, 1.165) is 18.7 Å². The minimum absolute atomic E-state index is 0.136. The van der Waals surface area contributed by atoms with Crippen molar-refractivity contribution in [3.8, 4) is 0 Å². The van der Waals surface area contributed by atoms with Gasteiger partial charge in [0.15, 0.2) is 0 Å². The predicted molar refractivity (Wildman–Crippen MR) is 86.8 cm³/mol. The van der Waals surface area contributed by atoms with Crippen LogP contribution in [0, 0.1) is 5.82 Å². The highest BCUT2D eigenvalue weighted by Crippen LogP contribution is 2.10. The Hall–Kier alpha value is -2.47. The molecule has 0 aliphatic rings. The van der Waals surface area contributed by atoms with Gasteiger partial charge in [-0.15, -0.1) is 0 Å². The summed E-state index contributed by atoms with van der Waals surface area (Å²) in [6.45, 7) is 1.54. The quantitative estimate of drug-likeness (QED) is 0.735. The standard InChI is InChI=1S/C17H20FN3O2/c1-23-8-4-7-20-15-9-14(10-19-12-15)17(22)21-11-13-5-2-3-6-16(13)18/h2-3,5-6,9-10,12,20H,4,7-8,11H2,1H3,(H,21,22). The second kappa shape index (κ2) is 8.85. The van der Waals surface area contributed by atoms with E-state index in [1.165, 1.54) is 12.3 Å². The molecule has 1 aromatic heterocycles. The van der Waals surface area contributed by atoms with E-state index < -0.39 is 0 Å². The van der Waals surface area contributed by atoms with Crippen LogP contribution in [0.4, 0.5) is 10.1 Å². The highest BCUT2D eigenvalue weighted by molar-refractivity contribution is 5.94. The van der Waals surface area contributed by atoms with Gasteiger partial charge in [-0.2, -0.15) is 0 Å². The average Bonchev–Trinajstić information content (AvgIpc) is 2.58. The van der Waals surface area contributed by atoms with Gasteiger partial charge in [0.05, 0.1) is 11.3 Å². The number of hydrogen-bond donors (Lipinski definition) is 2. The van der Waals surface area contributed by atoms with E-state index >= 15 is 0 Å². The number of ether oxygens (including phenoxy) is 1. The van der Waals surface area contributed by atoms with E-state index in [1.54, 1.807) is 37.6 Å². The number of pyridine rings is 1. The maximum Gasteiger partial charge on any atom is 0.253 e. The Morgan fingerprint density at radius 2 is 2.13 bits per heavy atom. The summed E-state index contributed by atoms with van der Waals surface area (Å²) in [5, 5.41) is 5.87.